The van der Waals surface area contributed by atoms with Gasteiger partial charge in [-0.05, 0) is 44.2 Å². The van der Waals surface area contributed by atoms with E-state index >= 15 is 0 Å². The molecule has 34 heavy (non-hydrogen) atoms. The largest absolute Gasteiger partial charge is 0.438 e. The number of carbonyl (C=O) groups excluding carboxylic acids is 1. The molecule has 4 heterocycles. The average molecular weight is 467 g/mol. The zero-order valence-corrected chi connectivity index (χ0v) is 20.0. The van der Waals surface area contributed by atoms with Crippen molar-refractivity contribution in [1.82, 2.24) is 24.4 Å². The second kappa shape index (κ2) is 11.0. The maximum absolute atomic E-state index is 11.4. The molecule has 2 aromatic heterocycles. The highest BCUT2D eigenvalue weighted by Gasteiger charge is 2.45. The molecule has 2 saturated heterocycles. The molecule has 0 unspecified atom stereocenters. The smallest absolute Gasteiger partial charge is 0.237 e. The van der Waals surface area contributed by atoms with Gasteiger partial charge in [-0.2, -0.15) is 0 Å². The number of likely N-dealkylation sites (tertiary alicyclic amines) is 2. The molecular formula is C26H38N6O2. The molecule has 184 valence electrons. The van der Waals surface area contributed by atoms with Gasteiger partial charge in [-0.25, -0.2) is 9.50 Å². The number of ketones is 1. The lowest BCUT2D eigenvalue weighted by molar-refractivity contribution is -0.116. The summed E-state index contributed by atoms with van der Waals surface area (Å²) in [5.74, 6) is 2.07. The van der Waals surface area contributed by atoms with Gasteiger partial charge >= 0.3 is 0 Å². The van der Waals surface area contributed by atoms with Gasteiger partial charge in [0.25, 0.3) is 0 Å². The highest BCUT2D eigenvalue weighted by Crippen LogP contribution is 2.38. The van der Waals surface area contributed by atoms with Crippen molar-refractivity contribution in [3.63, 3.8) is 0 Å². The van der Waals surface area contributed by atoms with Crippen molar-refractivity contribution in [3.05, 3.63) is 48.2 Å². The van der Waals surface area contributed by atoms with Crippen molar-refractivity contribution >= 4 is 17.2 Å². The van der Waals surface area contributed by atoms with Crippen molar-refractivity contribution in [2.24, 2.45) is 5.41 Å². The van der Waals surface area contributed by atoms with Gasteiger partial charge in [0.1, 0.15) is 17.4 Å². The number of fused-ring (bicyclic) bond motifs is 1. The second-order valence-corrected chi connectivity index (χ2v) is 9.04. The number of ether oxygens (including phenoxy) is 1. The summed E-state index contributed by atoms with van der Waals surface area (Å²) in [6, 6.07) is 11.2. The number of aromatic nitrogens is 3. The van der Waals surface area contributed by atoms with Crippen LogP contribution < -0.4 is 10.1 Å². The van der Waals surface area contributed by atoms with E-state index in [9.17, 15) is 4.79 Å². The Morgan fingerprint density at radius 3 is 2.71 bits per heavy atom. The van der Waals surface area contributed by atoms with Crippen LogP contribution in [0.3, 0.4) is 0 Å². The predicted octanol–water partition coefficient (Wildman–Crippen LogP) is 4.32. The van der Waals surface area contributed by atoms with E-state index in [1.807, 2.05) is 50.4 Å². The number of anilines is 1. The topological polar surface area (TPSA) is 75.0 Å². The van der Waals surface area contributed by atoms with E-state index in [-0.39, 0.29) is 13.2 Å². The molecule has 0 aliphatic carbocycles. The summed E-state index contributed by atoms with van der Waals surface area (Å²) < 4.78 is 7.63. The Labute approximate surface area is 202 Å². The summed E-state index contributed by atoms with van der Waals surface area (Å²) in [6.45, 7) is 11.1. The van der Waals surface area contributed by atoms with E-state index in [0.29, 0.717) is 23.5 Å². The molecule has 0 saturated carbocycles. The van der Waals surface area contributed by atoms with Crippen LogP contribution in [0.5, 0.6) is 11.6 Å². The third kappa shape index (κ3) is 5.93. The number of imidazole rings is 1. The van der Waals surface area contributed by atoms with Crippen LogP contribution >= 0.6 is 0 Å². The van der Waals surface area contributed by atoms with Crippen molar-refractivity contribution in [2.45, 2.75) is 41.0 Å². The van der Waals surface area contributed by atoms with Crippen LogP contribution in [0.2, 0.25) is 0 Å². The van der Waals surface area contributed by atoms with Gasteiger partial charge in [-0.3, -0.25) is 9.69 Å². The van der Waals surface area contributed by atoms with Crippen LogP contribution in [0.1, 0.15) is 40.2 Å². The van der Waals surface area contributed by atoms with Crippen LogP contribution in [-0.2, 0) is 11.2 Å². The quantitative estimate of drug-likeness (QED) is 0.556. The molecule has 2 fully saturated rings. The molecule has 1 aromatic carbocycles. The minimum absolute atomic E-state index is 0. The molecule has 8 nitrogen and oxygen atoms in total. The van der Waals surface area contributed by atoms with Crippen molar-refractivity contribution < 1.29 is 9.53 Å². The first-order valence-electron chi connectivity index (χ1n) is 11.7. The maximum atomic E-state index is 11.4. The van der Waals surface area contributed by atoms with Gasteiger partial charge in [-0.15, -0.1) is 5.10 Å². The van der Waals surface area contributed by atoms with E-state index in [4.69, 9.17) is 4.74 Å². The normalized spacial score (nSPS) is 16.9. The van der Waals surface area contributed by atoms with Crippen LogP contribution in [-0.4, -0.2) is 70.1 Å². The first-order chi connectivity index (χ1) is 16.0. The molecule has 0 bridgehead atoms. The number of hydrogen-bond donors (Lipinski definition) is 1. The van der Waals surface area contributed by atoms with Gasteiger partial charge in [-0.1, -0.05) is 33.4 Å². The molecule has 1 N–H and O–H groups in total. The third-order valence-electron chi connectivity index (χ3n) is 6.08. The van der Waals surface area contributed by atoms with E-state index < -0.39 is 0 Å². The number of carbonyl (C=O) groups is 1. The molecule has 2 aliphatic rings. The highest BCUT2D eigenvalue weighted by molar-refractivity contribution is 5.78. The standard InChI is InChI=1S/C23H28N6O2.C2H6.CH4/c1-17(30)10-18-4-3-5-19(11-18)31-22-7-6-21-25-20(12-29(21)26-22)24-16-28-9-8-23(15-28)13-27(2)14-23;1-2;/h3-7,11-12,24H,8-10,13-16H2,1-2H3;1-2H3;1H4. The van der Waals surface area contributed by atoms with Gasteiger partial charge in [0.15, 0.2) is 5.65 Å². The number of Topliss-reactive ketones (excluding diaryl/α,β-unsaturated/α-hetero) is 1. The minimum atomic E-state index is 0. The lowest BCUT2D eigenvalue weighted by atomic mass is 9.80. The second-order valence-electron chi connectivity index (χ2n) is 9.04. The van der Waals surface area contributed by atoms with Gasteiger partial charge in [0.05, 0.1) is 12.9 Å². The Morgan fingerprint density at radius 1 is 1.18 bits per heavy atom. The fourth-order valence-corrected chi connectivity index (χ4v) is 4.84. The van der Waals surface area contributed by atoms with Gasteiger partial charge in [0.2, 0.25) is 5.88 Å². The molecule has 3 aromatic rings. The predicted molar refractivity (Wildman–Crippen MR) is 137 cm³/mol. The van der Waals surface area contributed by atoms with Crippen molar-refractivity contribution in [3.8, 4) is 11.6 Å². The van der Waals surface area contributed by atoms with Crippen LogP contribution in [0.15, 0.2) is 42.6 Å². The third-order valence-corrected chi connectivity index (χ3v) is 6.08. The number of nitrogens with zero attached hydrogens (tertiary/aromatic N) is 5. The molecule has 2 aliphatic heterocycles. The van der Waals surface area contributed by atoms with E-state index in [0.717, 1.165) is 36.8 Å². The van der Waals surface area contributed by atoms with E-state index in [2.05, 4.69) is 32.2 Å². The van der Waals surface area contributed by atoms with Crippen LogP contribution in [0.25, 0.3) is 5.65 Å². The molecular weight excluding hydrogens is 428 g/mol. The Hall–Kier alpha value is -2.97. The lowest BCUT2D eigenvalue weighted by Gasteiger charge is -2.46. The summed E-state index contributed by atoms with van der Waals surface area (Å²) in [7, 11) is 2.19. The Morgan fingerprint density at radius 2 is 1.97 bits per heavy atom. The SMILES string of the molecule is C.CC.CC(=O)Cc1cccc(Oc2ccc3nc(NCN4CCC5(CN(C)C5)C4)cn3n2)c1. The van der Waals surface area contributed by atoms with Crippen LogP contribution in [0.4, 0.5) is 5.82 Å². The Kier molecular flexibility index (Phi) is 8.28. The zero-order valence-electron chi connectivity index (χ0n) is 20.0. The zero-order chi connectivity index (χ0) is 23.4. The molecule has 0 radical (unpaired) electrons. The summed E-state index contributed by atoms with van der Waals surface area (Å²) in [5, 5.41) is 7.96. The Bertz CT molecular complexity index is 1110. The summed E-state index contributed by atoms with van der Waals surface area (Å²) >= 11 is 0. The number of rotatable bonds is 7. The first-order valence-corrected chi connectivity index (χ1v) is 11.7. The van der Waals surface area contributed by atoms with Gasteiger partial charge < -0.3 is 15.0 Å². The number of nitrogens with one attached hydrogen (secondary N) is 1. The van der Waals surface area contributed by atoms with E-state index in [1.54, 1.807) is 17.5 Å². The van der Waals surface area contributed by atoms with Gasteiger partial charge in [0, 0.05) is 44.1 Å². The average Bonchev–Trinajstić information content (AvgIpc) is 3.37. The minimum Gasteiger partial charge on any atom is -0.438 e. The van der Waals surface area contributed by atoms with E-state index in [1.165, 1.54) is 19.5 Å². The monoisotopic (exact) mass is 466 g/mol. The molecule has 5 rings (SSSR count). The number of benzene rings is 1. The van der Waals surface area contributed by atoms with Crippen LogP contribution in [0, 0.1) is 5.41 Å². The fourth-order valence-electron chi connectivity index (χ4n) is 4.84. The van der Waals surface area contributed by atoms with Crippen molar-refractivity contribution in [1.29, 1.82) is 0 Å². The molecule has 1 spiro atoms. The lowest BCUT2D eigenvalue weighted by Crippen LogP contribution is -2.55. The number of hydrogen-bond acceptors (Lipinski definition) is 7. The molecule has 0 amide bonds. The first kappa shape index (κ1) is 25.6. The summed E-state index contributed by atoms with van der Waals surface area (Å²) in [5.41, 5.74) is 2.20. The summed E-state index contributed by atoms with van der Waals surface area (Å²) in [6.07, 6.45) is 3.56. The molecule has 0 atom stereocenters. The van der Waals surface area contributed by atoms with Crippen molar-refractivity contribution in [2.75, 3.05) is 45.2 Å². The maximum Gasteiger partial charge on any atom is 0.237 e. The fraction of sp³-hybridized carbons (Fsp3) is 0.500. The highest BCUT2D eigenvalue weighted by atomic mass is 16.5. The Balaban J connectivity index is 0.00000105. The summed E-state index contributed by atoms with van der Waals surface area (Å²) in [4.78, 5) is 20.8. The molecule has 8 heteroatoms.